The molecule has 0 aliphatic carbocycles. The van der Waals surface area contributed by atoms with Crippen molar-refractivity contribution < 1.29 is 8.84 Å². The van der Waals surface area contributed by atoms with E-state index in [1.165, 1.54) is 11.8 Å². The van der Waals surface area contributed by atoms with E-state index in [4.69, 9.17) is 20.4 Å². The number of hydrogen-bond acceptors (Lipinski definition) is 7. The van der Waals surface area contributed by atoms with Gasteiger partial charge in [-0.25, -0.2) is 14.8 Å². The van der Waals surface area contributed by atoms with Gasteiger partial charge in [-0.15, -0.1) is 0 Å². The van der Waals surface area contributed by atoms with Crippen LogP contribution in [0.15, 0.2) is 14.4 Å². The van der Waals surface area contributed by atoms with Gasteiger partial charge in [0.15, 0.2) is 13.5 Å². The van der Waals surface area contributed by atoms with Crippen LogP contribution < -0.4 is 10.5 Å². The fourth-order valence-corrected chi connectivity index (χ4v) is 4.47. The van der Waals surface area contributed by atoms with E-state index in [9.17, 15) is 4.79 Å². The zero-order chi connectivity index (χ0) is 20.9. The summed E-state index contributed by atoms with van der Waals surface area (Å²) >= 11 is 7.52. The Labute approximate surface area is 176 Å². The third kappa shape index (κ3) is 3.84. The molecule has 154 valence electrons. The van der Waals surface area contributed by atoms with E-state index in [-0.39, 0.29) is 16.3 Å². The lowest BCUT2D eigenvalue weighted by molar-refractivity contribution is 0.226. The zero-order valence-electron chi connectivity index (χ0n) is 17.6. The summed E-state index contributed by atoms with van der Waals surface area (Å²) in [5.74, 6) is 0.623. The number of nitrogens with zero attached hydrogens (tertiary/aromatic N) is 3. The summed E-state index contributed by atoms with van der Waals surface area (Å²) in [6.45, 7) is 14.5. The molecular weight excluding hydrogens is 414 g/mol. The molecule has 1 aliphatic rings. The van der Waals surface area contributed by atoms with E-state index in [1.54, 1.807) is 0 Å². The van der Waals surface area contributed by atoms with Gasteiger partial charge in [-0.05, 0) is 49.3 Å². The molecule has 1 saturated heterocycles. The van der Waals surface area contributed by atoms with Crippen molar-refractivity contribution in [2.75, 3.05) is 24.3 Å². The Morgan fingerprint density at radius 2 is 2.04 bits per heavy atom. The Morgan fingerprint density at radius 3 is 2.57 bits per heavy atom. The van der Waals surface area contributed by atoms with Gasteiger partial charge >= 0.3 is 5.63 Å². The number of thioether (sulfide) groups is 1. The van der Waals surface area contributed by atoms with Crippen molar-refractivity contribution in [1.29, 1.82) is 0 Å². The van der Waals surface area contributed by atoms with E-state index in [1.807, 2.05) is 13.2 Å². The standard InChI is InChI=1S/C19H28ClN3O3SSi/c1-11-14-13(17(24)26-15(11)20)16(22-18(21-14)27-5)23-9-8-12(23)10-25-28(6,7)19(2,3)4/h12H,8-10H2,1-7H3/t12-/m0/s1. The maximum absolute atomic E-state index is 12.6. The van der Waals surface area contributed by atoms with Crippen LogP contribution in [-0.2, 0) is 4.43 Å². The molecule has 2 aromatic rings. The minimum atomic E-state index is -1.84. The predicted molar refractivity (Wildman–Crippen MR) is 119 cm³/mol. The van der Waals surface area contributed by atoms with Crippen LogP contribution in [0.3, 0.4) is 0 Å². The molecule has 3 heterocycles. The van der Waals surface area contributed by atoms with E-state index in [2.05, 4.69) is 48.7 Å². The largest absolute Gasteiger partial charge is 0.415 e. The van der Waals surface area contributed by atoms with Crippen LogP contribution in [0.25, 0.3) is 10.9 Å². The molecular formula is C19H28ClN3O3SSi. The summed E-state index contributed by atoms with van der Waals surface area (Å²) in [7, 11) is -1.84. The van der Waals surface area contributed by atoms with Gasteiger partial charge in [-0.1, -0.05) is 32.5 Å². The quantitative estimate of drug-likeness (QED) is 0.372. The van der Waals surface area contributed by atoms with E-state index in [0.29, 0.717) is 34.0 Å². The minimum Gasteiger partial charge on any atom is -0.415 e. The topological polar surface area (TPSA) is 68.5 Å². The molecule has 0 spiro atoms. The Hall–Kier alpha value is -1.09. The molecule has 0 N–H and O–H groups in total. The maximum Gasteiger partial charge on any atom is 0.350 e. The third-order valence-electron chi connectivity index (χ3n) is 5.95. The van der Waals surface area contributed by atoms with Crippen molar-refractivity contribution in [3.8, 4) is 0 Å². The van der Waals surface area contributed by atoms with Gasteiger partial charge in [0.1, 0.15) is 11.2 Å². The summed E-state index contributed by atoms with van der Waals surface area (Å²) in [5.41, 5.74) is 0.723. The molecule has 9 heteroatoms. The van der Waals surface area contributed by atoms with E-state index in [0.717, 1.165) is 13.0 Å². The summed E-state index contributed by atoms with van der Waals surface area (Å²) in [5, 5.41) is 1.25. The van der Waals surface area contributed by atoms with Crippen molar-refractivity contribution in [2.45, 2.75) is 63.4 Å². The van der Waals surface area contributed by atoms with Crippen molar-refractivity contribution in [3.63, 3.8) is 0 Å². The molecule has 28 heavy (non-hydrogen) atoms. The smallest absolute Gasteiger partial charge is 0.350 e. The highest BCUT2D eigenvalue weighted by Gasteiger charge is 2.40. The Balaban J connectivity index is 1.97. The van der Waals surface area contributed by atoms with Crippen molar-refractivity contribution in [3.05, 3.63) is 21.2 Å². The Bertz CT molecular complexity index is 958. The SMILES string of the molecule is CSc1nc(N2CC[C@H]2CO[Si](C)(C)C(C)(C)C)c2c(=O)oc(Cl)c(C)c2n1. The van der Waals surface area contributed by atoms with Crippen LogP contribution in [0.1, 0.15) is 32.8 Å². The molecule has 0 aromatic carbocycles. The normalized spacial score (nSPS) is 17.9. The molecule has 6 nitrogen and oxygen atoms in total. The molecule has 1 atom stereocenters. The molecule has 0 radical (unpaired) electrons. The first-order valence-electron chi connectivity index (χ1n) is 9.42. The fourth-order valence-electron chi connectivity index (χ4n) is 2.90. The summed E-state index contributed by atoms with van der Waals surface area (Å²) in [4.78, 5) is 23.9. The van der Waals surface area contributed by atoms with Gasteiger partial charge in [0.2, 0.25) is 5.22 Å². The van der Waals surface area contributed by atoms with E-state index < -0.39 is 13.9 Å². The van der Waals surface area contributed by atoms with Gasteiger partial charge in [0.05, 0.1) is 18.2 Å². The molecule has 1 fully saturated rings. The molecule has 2 aromatic heterocycles. The van der Waals surface area contributed by atoms with Crippen LogP contribution in [0.4, 0.5) is 5.82 Å². The second-order valence-corrected chi connectivity index (χ2v) is 14.7. The fraction of sp³-hybridized carbons (Fsp3) is 0.632. The number of aryl methyl sites for hydroxylation is 1. The molecule has 0 amide bonds. The first-order chi connectivity index (χ1) is 13.0. The molecule has 0 saturated carbocycles. The van der Waals surface area contributed by atoms with Crippen molar-refractivity contribution >= 4 is 48.4 Å². The van der Waals surface area contributed by atoms with Crippen LogP contribution in [0.2, 0.25) is 23.4 Å². The first-order valence-corrected chi connectivity index (χ1v) is 13.9. The highest BCUT2D eigenvalue weighted by molar-refractivity contribution is 7.98. The van der Waals surface area contributed by atoms with Crippen molar-refractivity contribution in [1.82, 2.24) is 9.97 Å². The number of rotatable bonds is 5. The summed E-state index contributed by atoms with van der Waals surface area (Å²) < 4.78 is 11.6. The van der Waals surface area contributed by atoms with Crippen LogP contribution in [-0.4, -0.2) is 43.7 Å². The Kier molecular flexibility index (Phi) is 5.89. The lowest BCUT2D eigenvalue weighted by Gasteiger charge is -2.45. The average Bonchev–Trinajstić information content (AvgIpc) is 2.57. The maximum atomic E-state index is 12.6. The lowest BCUT2D eigenvalue weighted by Crippen LogP contribution is -2.54. The number of halogens is 1. The average molecular weight is 442 g/mol. The second kappa shape index (κ2) is 7.63. The summed E-state index contributed by atoms with van der Waals surface area (Å²) in [6.07, 6.45) is 2.92. The first kappa shape index (κ1) is 21.6. The van der Waals surface area contributed by atoms with Gasteiger partial charge in [0.25, 0.3) is 0 Å². The van der Waals surface area contributed by atoms with Gasteiger partial charge in [-0.3, -0.25) is 0 Å². The highest BCUT2D eigenvalue weighted by Crippen LogP contribution is 2.38. The highest BCUT2D eigenvalue weighted by atomic mass is 35.5. The molecule has 0 bridgehead atoms. The van der Waals surface area contributed by atoms with Crippen molar-refractivity contribution in [2.24, 2.45) is 0 Å². The number of aromatic nitrogens is 2. The van der Waals surface area contributed by atoms with E-state index >= 15 is 0 Å². The van der Waals surface area contributed by atoms with Gasteiger partial charge in [0, 0.05) is 12.1 Å². The minimum absolute atomic E-state index is 0.0793. The number of fused-ring (bicyclic) bond motifs is 1. The third-order valence-corrected chi connectivity index (χ3v) is 11.4. The van der Waals surface area contributed by atoms with Crippen LogP contribution in [0, 0.1) is 6.92 Å². The second-order valence-electron chi connectivity index (χ2n) is 8.75. The van der Waals surface area contributed by atoms with Gasteiger partial charge < -0.3 is 13.7 Å². The Morgan fingerprint density at radius 1 is 1.36 bits per heavy atom. The lowest BCUT2D eigenvalue weighted by atomic mass is 10.0. The number of hydrogen-bond donors (Lipinski definition) is 0. The zero-order valence-corrected chi connectivity index (χ0v) is 20.1. The molecule has 1 aliphatic heterocycles. The van der Waals surface area contributed by atoms with Crippen LogP contribution in [0.5, 0.6) is 0 Å². The number of anilines is 1. The van der Waals surface area contributed by atoms with Crippen LogP contribution >= 0.6 is 23.4 Å². The predicted octanol–water partition coefficient (Wildman–Crippen LogP) is 4.87. The summed E-state index contributed by atoms with van der Waals surface area (Å²) in [6, 6.07) is 0.192. The monoisotopic (exact) mass is 441 g/mol. The molecule has 3 rings (SSSR count). The molecule has 0 unspecified atom stereocenters. The van der Waals surface area contributed by atoms with Gasteiger partial charge in [-0.2, -0.15) is 0 Å².